The molecule has 22 heavy (non-hydrogen) atoms. The van der Waals surface area contributed by atoms with E-state index in [0.29, 0.717) is 10.8 Å². The molecule has 0 aliphatic carbocycles. The van der Waals surface area contributed by atoms with E-state index in [0.717, 1.165) is 16.6 Å². The maximum atomic E-state index is 12.1. The summed E-state index contributed by atoms with van der Waals surface area (Å²) in [6, 6.07) is 11.6. The fourth-order valence-corrected chi connectivity index (χ4v) is 3.14. The van der Waals surface area contributed by atoms with Crippen molar-refractivity contribution in [2.24, 2.45) is 0 Å². The number of rotatable bonds is 5. The number of carbonyl (C=O) groups is 1. The van der Waals surface area contributed by atoms with Crippen molar-refractivity contribution in [1.82, 2.24) is 9.97 Å². The molecule has 0 spiro atoms. The second kappa shape index (κ2) is 6.66. The van der Waals surface area contributed by atoms with Crippen molar-refractivity contribution in [3.05, 3.63) is 53.9 Å². The number of nitrogens with one attached hydrogen (secondary N) is 1. The van der Waals surface area contributed by atoms with E-state index in [1.807, 2.05) is 6.07 Å². The Morgan fingerprint density at radius 2 is 2.18 bits per heavy atom. The van der Waals surface area contributed by atoms with Crippen LogP contribution in [0.2, 0.25) is 0 Å². The minimum atomic E-state index is -0.231. The first-order valence-electron chi connectivity index (χ1n) is 7.38. The average Bonchev–Trinajstić information content (AvgIpc) is 2.95. The number of thiazole rings is 1. The van der Waals surface area contributed by atoms with E-state index in [2.05, 4.69) is 34.3 Å². The number of carbonyl (C=O) groups excluding carboxylic acids is 1. The lowest BCUT2D eigenvalue weighted by atomic mass is 10.1. The molecule has 0 saturated heterocycles. The summed E-state index contributed by atoms with van der Waals surface area (Å²) in [5.74, 6) is -0.231. The lowest BCUT2D eigenvalue weighted by molar-refractivity contribution is 0.102. The number of hydrogen-bond acceptors (Lipinski definition) is 4. The van der Waals surface area contributed by atoms with Crippen LogP contribution < -0.4 is 5.32 Å². The summed E-state index contributed by atoms with van der Waals surface area (Å²) in [4.78, 5) is 20.6. The fraction of sp³-hybridized carbons (Fsp3) is 0.235. The molecular weight excluding hydrogens is 294 g/mol. The average molecular weight is 311 g/mol. The molecule has 0 atom stereocenters. The Balaban J connectivity index is 1.78. The third-order valence-corrected chi connectivity index (χ3v) is 4.32. The van der Waals surface area contributed by atoms with Gasteiger partial charge in [0, 0.05) is 6.20 Å². The molecule has 4 nitrogen and oxygen atoms in total. The van der Waals surface area contributed by atoms with Crippen molar-refractivity contribution in [3.8, 4) is 0 Å². The molecule has 0 radical (unpaired) electrons. The van der Waals surface area contributed by atoms with Crippen molar-refractivity contribution in [3.63, 3.8) is 0 Å². The molecule has 112 valence electrons. The van der Waals surface area contributed by atoms with E-state index in [4.69, 9.17) is 0 Å². The molecule has 2 aromatic heterocycles. The fourth-order valence-electron chi connectivity index (χ4n) is 2.22. The Morgan fingerprint density at radius 1 is 1.27 bits per heavy atom. The zero-order valence-electron chi connectivity index (χ0n) is 12.4. The van der Waals surface area contributed by atoms with E-state index < -0.39 is 0 Å². The smallest absolute Gasteiger partial charge is 0.276 e. The van der Waals surface area contributed by atoms with Crippen molar-refractivity contribution in [2.75, 3.05) is 5.32 Å². The predicted octanol–water partition coefficient (Wildman–Crippen LogP) is 4.29. The number of amides is 1. The number of fused-ring (bicyclic) bond motifs is 1. The van der Waals surface area contributed by atoms with Gasteiger partial charge in [-0.05, 0) is 42.7 Å². The van der Waals surface area contributed by atoms with E-state index in [1.165, 1.54) is 29.7 Å². The maximum absolute atomic E-state index is 12.1. The number of pyridine rings is 1. The zero-order chi connectivity index (χ0) is 15.4. The van der Waals surface area contributed by atoms with Crippen LogP contribution >= 0.6 is 11.3 Å². The van der Waals surface area contributed by atoms with Crippen molar-refractivity contribution in [2.45, 2.75) is 26.2 Å². The van der Waals surface area contributed by atoms with Gasteiger partial charge in [0.1, 0.15) is 5.69 Å². The maximum Gasteiger partial charge on any atom is 0.276 e. The van der Waals surface area contributed by atoms with E-state index in [-0.39, 0.29) is 5.91 Å². The summed E-state index contributed by atoms with van der Waals surface area (Å²) in [7, 11) is 0. The highest BCUT2D eigenvalue weighted by molar-refractivity contribution is 7.22. The van der Waals surface area contributed by atoms with Gasteiger partial charge in [-0.15, -0.1) is 0 Å². The number of unbranched alkanes of at least 4 members (excludes halogenated alkanes) is 1. The van der Waals surface area contributed by atoms with Gasteiger partial charge < -0.3 is 0 Å². The Labute approximate surface area is 133 Å². The summed E-state index contributed by atoms with van der Waals surface area (Å²) in [5.41, 5.74) is 2.63. The molecule has 0 saturated carbocycles. The highest BCUT2D eigenvalue weighted by atomic mass is 32.1. The highest BCUT2D eigenvalue weighted by Gasteiger charge is 2.10. The molecule has 0 aliphatic rings. The summed E-state index contributed by atoms with van der Waals surface area (Å²) in [6.45, 7) is 2.19. The minimum Gasteiger partial charge on any atom is -0.296 e. The SMILES string of the molecule is CCCCc1ccc2nc(NC(=O)c3ccccn3)sc2c1. The van der Waals surface area contributed by atoms with Crippen molar-refractivity contribution < 1.29 is 4.79 Å². The predicted molar refractivity (Wildman–Crippen MR) is 90.4 cm³/mol. The first-order valence-corrected chi connectivity index (χ1v) is 8.20. The molecule has 3 rings (SSSR count). The minimum absolute atomic E-state index is 0.231. The van der Waals surface area contributed by atoms with E-state index in [1.54, 1.807) is 24.4 Å². The summed E-state index contributed by atoms with van der Waals surface area (Å²) in [6.07, 6.45) is 5.06. The quantitative estimate of drug-likeness (QED) is 0.765. The number of aromatic nitrogens is 2. The zero-order valence-corrected chi connectivity index (χ0v) is 13.2. The number of aryl methyl sites for hydroxylation is 1. The van der Waals surface area contributed by atoms with Crippen LogP contribution in [0.15, 0.2) is 42.6 Å². The van der Waals surface area contributed by atoms with Crippen LogP contribution in [-0.4, -0.2) is 15.9 Å². The number of nitrogens with zero attached hydrogens (tertiary/aromatic N) is 2. The lowest BCUT2D eigenvalue weighted by Gasteiger charge is -1.99. The van der Waals surface area contributed by atoms with Crippen LogP contribution in [-0.2, 0) is 6.42 Å². The monoisotopic (exact) mass is 311 g/mol. The molecular formula is C17H17N3OS. The Bertz CT molecular complexity index is 783. The van der Waals surface area contributed by atoms with Gasteiger partial charge in [0.2, 0.25) is 0 Å². The van der Waals surface area contributed by atoms with Crippen LogP contribution in [0.3, 0.4) is 0 Å². The summed E-state index contributed by atoms with van der Waals surface area (Å²) < 4.78 is 1.10. The Hall–Kier alpha value is -2.27. The molecule has 1 N–H and O–H groups in total. The number of hydrogen-bond donors (Lipinski definition) is 1. The van der Waals surface area contributed by atoms with Gasteiger partial charge in [-0.2, -0.15) is 0 Å². The van der Waals surface area contributed by atoms with Crippen molar-refractivity contribution >= 4 is 32.6 Å². The molecule has 0 aliphatic heterocycles. The molecule has 3 aromatic rings. The van der Waals surface area contributed by atoms with Crippen LogP contribution in [0, 0.1) is 0 Å². The Morgan fingerprint density at radius 3 is 2.95 bits per heavy atom. The first kappa shape index (κ1) is 14.7. The number of benzene rings is 1. The largest absolute Gasteiger partial charge is 0.296 e. The summed E-state index contributed by atoms with van der Waals surface area (Å²) >= 11 is 1.50. The lowest BCUT2D eigenvalue weighted by Crippen LogP contribution is -2.12. The third kappa shape index (κ3) is 3.31. The molecule has 1 aromatic carbocycles. The molecule has 0 unspecified atom stereocenters. The Kier molecular flexibility index (Phi) is 4.44. The van der Waals surface area contributed by atoms with E-state index >= 15 is 0 Å². The van der Waals surface area contributed by atoms with Crippen LogP contribution in [0.1, 0.15) is 35.8 Å². The van der Waals surface area contributed by atoms with Gasteiger partial charge in [-0.1, -0.05) is 36.8 Å². The molecule has 5 heteroatoms. The second-order valence-corrected chi connectivity index (χ2v) is 6.12. The number of anilines is 1. The van der Waals surface area contributed by atoms with Gasteiger partial charge in [0.25, 0.3) is 5.91 Å². The van der Waals surface area contributed by atoms with Gasteiger partial charge in [-0.25, -0.2) is 4.98 Å². The topological polar surface area (TPSA) is 54.9 Å². The van der Waals surface area contributed by atoms with E-state index in [9.17, 15) is 4.79 Å². The first-order chi connectivity index (χ1) is 10.8. The molecule has 2 heterocycles. The second-order valence-electron chi connectivity index (χ2n) is 5.09. The summed E-state index contributed by atoms with van der Waals surface area (Å²) in [5, 5.41) is 3.43. The molecule has 0 bridgehead atoms. The van der Waals surface area contributed by atoms with Crippen LogP contribution in [0.25, 0.3) is 10.2 Å². The van der Waals surface area contributed by atoms with Gasteiger partial charge in [-0.3, -0.25) is 15.1 Å². The standard InChI is InChI=1S/C17H17N3OS/c1-2-3-6-12-8-9-13-15(11-12)22-17(19-13)20-16(21)14-7-4-5-10-18-14/h4-5,7-11H,2-3,6H2,1H3,(H,19,20,21). The molecule has 0 fully saturated rings. The van der Waals surface area contributed by atoms with Crippen molar-refractivity contribution in [1.29, 1.82) is 0 Å². The van der Waals surface area contributed by atoms with Crippen LogP contribution in [0.5, 0.6) is 0 Å². The van der Waals surface area contributed by atoms with Crippen LogP contribution in [0.4, 0.5) is 5.13 Å². The van der Waals surface area contributed by atoms with Gasteiger partial charge in [0.15, 0.2) is 5.13 Å². The normalized spacial score (nSPS) is 10.8. The highest BCUT2D eigenvalue weighted by Crippen LogP contribution is 2.27. The third-order valence-electron chi connectivity index (χ3n) is 3.39. The van der Waals surface area contributed by atoms with Gasteiger partial charge >= 0.3 is 0 Å². The van der Waals surface area contributed by atoms with Gasteiger partial charge in [0.05, 0.1) is 10.2 Å². The molecule has 1 amide bonds.